The van der Waals surface area contributed by atoms with Crippen molar-refractivity contribution in [3.63, 3.8) is 0 Å². The lowest BCUT2D eigenvalue weighted by atomic mass is 10.4. The highest BCUT2D eigenvalue weighted by atomic mass is 32.1. The third-order valence-corrected chi connectivity index (χ3v) is 2.08. The highest BCUT2D eigenvalue weighted by Gasteiger charge is 2.12. The number of amides is 1. The second-order valence-corrected chi connectivity index (χ2v) is 3.73. The van der Waals surface area contributed by atoms with Crippen molar-refractivity contribution in [3.8, 4) is 0 Å². The van der Waals surface area contributed by atoms with E-state index in [1.165, 1.54) is 0 Å². The number of likely N-dealkylation sites (N-methyl/N-ethyl adjacent to an activating group) is 2. The average molecular weight is 217 g/mol. The lowest BCUT2D eigenvalue weighted by Crippen LogP contribution is -2.41. The Balaban J connectivity index is 3.97. The third-order valence-electron chi connectivity index (χ3n) is 1.95. The van der Waals surface area contributed by atoms with Gasteiger partial charge in [-0.2, -0.15) is 0 Å². The van der Waals surface area contributed by atoms with Crippen molar-refractivity contribution in [1.82, 2.24) is 9.80 Å². The fourth-order valence-corrected chi connectivity index (χ4v) is 1.45. The molecule has 0 unspecified atom stereocenters. The van der Waals surface area contributed by atoms with Gasteiger partial charge in [0.1, 0.15) is 0 Å². The maximum Gasteiger partial charge on any atom is 0.236 e. The third kappa shape index (κ3) is 5.14. The van der Waals surface area contributed by atoms with Gasteiger partial charge in [-0.15, -0.1) is 0 Å². The van der Waals surface area contributed by atoms with Crippen LogP contribution in [0.3, 0.4) is 0 Å². The Labute approximate surface area is 91.0 Å². The summed E-state index contributed by atoms with van der Waals surface area (Å²) in [6.45, 7) is 6.29. The molecular weight excluding hydrogens is 198 g/mol. The van der Waals surface area contributed by atoms with E-state index in [0.29, 0.717) is 18.1 Å². The van der Waals surface area contributed by atoms with E-state index < -0.39 is 0 Å². The average Bonchev–Trinajstić information content (AvgIpc) is 2.04. The van der Waals surface area contributed by atoms with Gasteiger partial charge in [0.25, 0.3) is 0 Å². The van der Waals surface area contributed by atoms with E-state index >= 15 is 0 Å². The molecule has 0 aliphatic carbocycles. The molecule has 5 heteroatoms. The summed E-state index contributed by atoms with van der Waals surface area (Å²) in [5.74, 6) is 0.119. The highest BCUT2D eigenvalue weighted by Crippen LogP contribution is 1.91. The maximum atomic E-state index is 11.6. The van der Waals surface area contributed by atoms with Crippen molar-refractivity contribution in [2.45, 2.75) is 13.8 Å². The minimum atomic E-state index is 0.119. The predicted octanol–water partition coefficient (Wildman–Crippen LogP) is 0.0727. The monoisotopic (exact) mass is 217 g/mol. The molecule has 0 aromatic carbocycles. The second kappa shape index (κ2) is 6.73. The molecule has 0 bridgehead atoms. The van der Waals surface area contributed by atoms with Gasteiger partial charge in [0.2, 0.25) is 5.91 Å². The lowest BCUT2D eigenvalue weighted by Gasteiger charge is -2.22. The molecule has 0 radical (unpaired) electrons. The summed E-state index contributed by atoms with van der Waals surface area (Å²) in [5, 5.41) is 0. The summed E-state index contributed by atoms with van der Waals surface area (Å²) < 4.78 is 0. The van der Waals surface area contributed by atoms with Crippen LogP contribution in [-0.2, 0) is 4.79 Å². The van der Waals surface area contributed by atoms with Gasteiger partial charge >= 0.3 is 0 Å². The first-order valence-electron chi connectivity index (χ1n) is 4.75. The van der Waals surface area contributed by atoms with Crippen LogP contribution in [0.5, 0.6) is 0 Å². The maximum absolute atomic E-state index is 11.6. The van der Waals surface area contributed by atoms with E-state index in [1.54, 1.807) is 4.90 Å². The number of nitrogens with zero attached hydrogens (tertiary/aromatic N) is 2. The van der Waals surface area contributed by atoms with Crippen molar-refractivity contribution < 1.29 is 4.79 Å². The van der Waals surface area contributed by atoms with E-state index in [-0.39, 0.29) is 5.91 Å². The van der Waals surface area contributed by atoms with Crippen molar-refractivity contribution in [3.05, 3.63) is 0 Å². The Morgan fingerprint density at radius 1 is 1.29 bits per heavy atom. The molecule has 0 spiro atoms. The number of nitrogens with two attached hydrogens (primary N) is 1. The second-order valence-electron chi connectivity index (χ2n) is 3.20. The molecule has 0 saturated heterocycles. The fraction of sp³-hybridized carbons (Fsp3) is 0.778. The van der Waals surface area contributed by atoms with Crippen LogP contribution in [0.1, 0.15) is 13.8 Å². The van der Waals surface area contributed by atoms with Gasteiger partial charge < -0.3 is 10.6 Å². The SMILES string of the molecule is CCN(CC)C(=O)CN(C)CC(N)=S. The molecule has 14 heavy (non-hydrogen) atoms. The largest absolute Gasteiger partial charge is 0.392 e. The topological polar surface area (TPSA) is 49.6 Å². The van der Waals surface area contributed by atoms with Gasteiger partial charge in [-0.1, -0.05) is 12.2 Å². The molecular formula is C9H19N3OS. The van der Waals surface area contributed by atoms with Crippen LogP contribution in [0.25, 0.3) is 0 Å². The van der Waals surface area contributed by atoms with E-state index in [2.05, 4.69) is 0 Å². The van der Waals surface area contributed by atoms with Crippen LogP contribution in [0.2, 0.25) is 0 Å². The summed E-state index contributed by atoms with van der Waals surface area (Å²) in [6, 6.07) is 0. The van der Waals surface area contributed by atoms with Crippen molar-refractivity contribution in [2.75, 3.05) is 33.2 Å². The van der Waals surface area contributed by atoms with Crippen LogP contribution in [-0.4, -0.2) is 53.9 Å². The first kappa shape index (κ1) is 13.3. The molecule has 1 amide bonds. The number of carbonyl (C=O) groups is 1. The van der Waals surface area contributed by atoms with Gasteiger partial charge in [0, 0.05) is 19.6 Å². The molecule has 4 nitrogen and oxygen atoms in total. The fourth-order valence-electron chi connectivity index (χ4n) is 1.23. The van der Waals surface area contributed by atoms with Gasteiger partial charge in [0.05, 0.1) is 11.5 Å². The smallest absolute Gasteiger partial charge is 0.236 e. The van der Waals surface area contributed by atoms with Gasteiger partial charge in [-0.3, -0.25) is 9.69 Å². The molecule has 0 heterocycles. The number of rotatable bonds is 6. The Morgan fingerprint density at radius 3 is 2.14 bits per heavy atom. The number of hydrogen-bond acceptors (Lipinski definition) is 3. The van der Waals surface area contributed by atoms with E-state index in [0.717, 1.165) is 13.1 Å². The standard InChI is InChI=1S/C9H19N3OS/c1-4-12(5-2)9(13)7-11(3)6-8(10)14/h4-7H2,1-3H3,(H2,10,14). The molecule has 2 N–H and O–H groups in total. The zero-order valence-electron chi connectivity index (χ0n) is 9.12. The molecule has 0 rings (SSSR count). The van der Waals surface area contributed by atoms with Crippen LogP contribution in [0.4, 0.5) is 0 Å². The number of thiocarbonyl (C=S) groups is 1. The quantitative estimate of drug-likeness (QED) is 0.640. The molecule has 0 aliphatic rings. The Kier molecular flexibility index (Phi) is 6.40. The summed E-state index contributed by atoms with van der Waals surface area (Å²) in [6.07, 6.45) is 0. The van der Waals surface area contributed by atoms with E-state index in [1.807, 2.05) is 25.8 Å². The minimum Gasteiger partial charge on any atom is -0.392 e. The zero-order valence-corrected chi connectivity index (χ0v) is 9.93. The number of hydrogen-bond donors (Lipinski definition) is 1. The molecule has 0 aromatic heterocycles. The predicted molar refractivity (Wildman–Crippen MR) is 62.2 cm³/mol. The molecule has 0 atom stereocenters. The lowest BCUT2D eigenvalue weighted by molar-refractivity contribution is -0.131. The van der Waals surface area contributed by atoms with Crippen LogP contribution >= 0.6 is 12.2 Å². The van der Waals surface area contributed by atoms with E-state index in [9.17, 15) is 4.79 Å². The Morgan fingerprint density at radius 2 is 1.79 bits per heavy atom. The minimum absolute atomic E-state index is 0.119. The van der Waals surface area contributed by atoms with Gasteiger partial charge in [-0.05, 0) is 20.9 Å². The summed E-state index contributed by atoms with van der Waals surface area (Å²) in [7, 11) is 1.83. The summed E-state index contributed by atoms with van der Waals surface area (Å²) in [4.78, 5) is 15.6. The van der Waals surface area contributed by atoms with E-state index in [4.69, 9.17) is 18.0 Å². The van der Waals surface area contributed by atoms with Gasteiger partial charge in [0.15, 0.2) is 0 Å². The number of carbonyl (C=O) groups excluding carboxylic acids is 1. The van der Waals surface area contributed by atoms with Crippen molar-refractivity contribution in [2.24, 2.45) is 5.73 Å². The first-order valence-corrected chi connectivity index (χ1v) is 5.16. The molecule has 0 saturated carbocycles. The van der Waals surface area contributed by atoms with Crippen LogP contribution < -0.4 is 5.73 Å². The Bertz CT molecular complexity index is 204. The van der Waals surface area contributed by atoms with Crippen molar-refractivity contribution in [1.29, 1.82) is 0 Å². The zero-order chi connectivity index (χ0) is 11.1. The summed E-state index contributed by atoms with van der Waals surface area (Å²) >= 11 is 4.76. The van der Waals surface area contributed by atoms with Gasteiger partial charge in [-0.25, -0.2) is 0 Å². The molecule has 0 aromatic rings. The first-order chi connectivity index (χ1) is 6.51. The molecule has 82 valence electrons. The van der Waals surface area contributed by atoms with Crippen molar-refractivity contribution >= 4 is 23.1 Å². The summed E-state index contributed by atoms with van der Waals surface area (Å²) in [5.41, 5.74) is 5.38. The molecule has 0 fully saturated rings. The Hall–Kier alpha value is -0.680. The highest BCUT2D eigenvalue weighted by molar-refractivity contribution is 7.80. The molecule has 0 aliphatic heterocycles. The normalized spacial score (nSPS) is 10.3. The van der Waals surface area contributed by atoms with Crippen LogP contribution in [0, 0.1) is 0 Å². The van der Waals surface area contributed by atoms with Crippen LogP contribution in [0.15, 0.2) is 0 Å².